The van der Waals surface area contributed by atoms with E-state index in [-0.39, 0.29) is 11.7 Å². The number of carbonyl (C=O) groups is 1. The van der Waals surface area contributed by atoms with E-state index in [4.69, 9.17) is 5.73 Å². The van der Waals surface area contributed by atoms with Crippen molar-refractivity contribution in [3.63, 3.8) is 0 Å². The predicted molar refractivity (Wildman–Crippen MR) is 62.8 cm³/mol. The van der Waals surface area contributed by atoms with Crippen LogP contribution in [0.1, 0.15) is 12.8 Å². The van der Waals surface area contributed by atoms with E-state index in [1.54, 1.807) is 6.07 Å². The topological polar surface area (TPSA) is 64.4 Å². The van der Waals surface area contributed by atoms with Crippen molar-refractivity contribution in [2.24, 2.45) is 5.73 Å². The second-order valence-electron chi connectivity index (χ2n) is 4.54. The molecule has 3 N–H and O–H groups in total. The van der Waals surface area contributed by atoms with Crippen LogP contribution in [0.25, 0.3) is 0 Å². The molecule has 0 radical (unpaired) electrons. The van der Waals surface area contributed by atoms with Crippen LogP contribution in [0.3, 0.4) is 0 Å². The Morgan fingerprint density at radius 3 is 2.68 bits per heavy atom. The van der Waals surface area contributed by atoms with Gasteiger partial charge in [0.1, 0.15) is 5.75 Å². The van der Waals surface area contributed by atoms with E-state index >= 15 is 0 Å². The van der Waals surface area contributed by atoms with E-state index in [0.29, 0.717) is 18.5 Å². The van der Waals surface area contributed by atoms with Crippen LogP contribution in [-0.4, -0.2) is 24.2 Å². The summed E-state index contributed by atoms with van der Waals surface area (Å²) in [6.07, 6.45) is -3.17. The highest BCUT2D eigenvalue weighted by Crippen LogP contribution is 2.33. The molecule has 1 aromatic carbocycles. The molecule has 0 bridgehead atoms. The maximum Gasteiger partial charge on any atom is 0.422 e. The number of halogens is 3. The van der Waals surface area contributed by atoms with Crippen molar-refractivity contribution < 1.29 is 22.7 Å². The summed E-state index contributed by atoms with van der Waals surface area (Å²) in [5, 5.41) is 2.56. The predicted octanol–water partition coefficient (Wildman–Crippen LogP) is 2.06. The summed E-state index contributed by atoms with van der Waals surface area (Å²) in [6.45, 7) is -1.37. The van der Waals surface area contributed by atoms with Crippen molar-refractivity contribution in [3.8, 4) is 5.75 Å². The number of hydrogen-bond acceptors (Lipinski definition) is 3. The van der Waals surface area contributed by atoms with Crippen LogP contribution in [0.5, 0.6) is 5.75 Å². The van der Waals surface area contributed by atoms with Gasteiger partial charge in [-0.15, -0.1) is 0 Å². The normalized spacial score (nSPS) is 16.8. The number of amides is 1. The Balaban J connectivity index is 1.97. The standard InChI is InChI=1S/C12H13F3N2O2/c13-12(14,15)7-19-9-3-1-2-8(6-9)17-10(18)11(16)4-5-11/h1-3,6H,4-5,7,16H2,(H,17,18). The van der Waals surface area contributed by atoms with Crippen molar-refractivity contribution in [3.05, 3.63) is 24.3 Å². The number of hydrogen-bond donors (Lipinski definition) is 2. The summed E-state index contributed by atoms with van der Waals surface area (Å²) < 4.78 is 40.6. The lowest BCUT2D eigenvalue weighted by Gasteiger charge is -2.12. The van der Waals surface area contributed by atoms with Crippen LogP contribution in [-0.2, 0) is 4.79 Å². The average Bonchev–Trinajstić information content (AvgIpc) is 3.06. The van der Waals surface area contributed by atoms with Gasteiger partial charge in [-0.1, -0.05) is 6.07 Å². The number of anilines is 1. The van der Waals surface area contributed by atoms with Gasteiger partial charge in [0.05, 0.1) is 5.54 Å². The quantitative estimate of drug-likeness (QED) is 0.883. The number of nitrogens with one attached hydrogen (secondary N) is 1. The monoisotopic (exact) mass is 274 g/mol. The van der Waals surface area contributed by atoms with E-state index in [1.165, 1.54) is 18.2 Å². The SMILES string of the molecule is NC1(C(=O)Nc2cccc(OCC(F)(F)F)c2)CC1. The van der Waals surface area contributed by atoms with Crippen molar-refractivity contribution >= 4 is 11.6 Å². The van der Waals surface area contributed by atoms with E-state index in [0.717, 1.165) is 0 Å². The third kappa shape index (κ3) is 3.85. The minimum absolute atomic E-state index is 0.0389. The van der Waals surface area contributed by atoms with Crippen LogP contribution in [0.4, 0.5) is 18.9 Å². The molecule has 0 atom stereocenters. The molecule has 7 heteroatoms. The molecule has 0 aliphatic heterocycles. The Bertz CT molecular complexity index is 484. The molecule has 0 heterocycles. The number of benzene rings is 1. The molecule has 0 saturated heterocycles. The van der Waals surface area contributed by atoms with Gasteiger partial charge in [-0.3, -0.25) is 4.79 Å². The van der Waals surface area contributed by atoms with Gasteiger partial charge in [0.25, 0.3) is 0 Å². The first-order valence-electron chi connectivity index (χ1n) is 5.68. The summed E-state index contributed by atoms with van der Waals surface area (Å²) in [4.78, 5) is 11.7. The molecule has 19 heavy (non-hydrogen) atoms. The molecule has 2 rings (SSSR count). The molecule has 1 aliphatic rings. The molecule has 1 amide bonds. The highest BCUT2D eigenvalue weighted by atomic mass is 19.4. The second-order valence-corrected chi connectivity index (χ2v) is 4.54. The third-order valence-electron chi connectivity index (χ3n) is 2.74. The fourth-order valence-electron chi connectivity index (χ4n) is 1.45. The van der Waals surface area contributed by atoms with Crippen LogP contribution < -0.4 is 15.8 Å². The zero-order chi connectivity index (χ0) is 14.1. The Labute approximate surface area is 107 Å². The zero-order valence-electron chi connectivity index (χ0n) is 9.96. The minimum Gasteiger partial charge on any atom is -0.484 e. The lowest BCUT2D eigenvalue weighted by atomic mass is 10.2. The fraction of sp³-hybridized carbons (Fsp3) is 0.417. The lowest BCUT2D eigenvalue weighted by Crippen LogP contribution is -2.37. The van der Waals surface area contributed by atoms with Crippen LogP contribution in [0, 0.1) is 0 Å². The average molecular weight is 274 g/mol. The van der Waals surface area contributed by atoms with E-state index in [9.17, 15) is 18.0 Å². The number of alkyl halides is 3. The van der Waals surface area contributed by atoms with Gasteiger partial charge in [-0.2, -0.15) is 13.2 Å². The molecule has 0 spiro atoms. The molecule has 1 saturated carbocycles. The summed E-state index contributed by atoms with van der Waals surface area (Å²) in [5.74, 6) is -0.294. The maximum absolute atomic E-state index is 12.0. The molecule has 1 aromatic rings. The van der Waals surface area contributed by atoms with Crippen molar-refractivity contribution in [1.82, 2.24) is 0 Å². The molecule has 0 unspecified atom stereocenters. The Morgan fingerprint density at radius 2 is 2.11 bits per heavy atom. The Hall–Kier alpha value is -1.76. The van der Waals surface area contributed by atoms with E-state index in [2.05, 4.69) is 10.1 Å². The highest BCUT2D eigenvalue weighted by molar-refractivity contribution is 6.00. The van der Waals surface area contributed by atoms with E-state index in [1.807, 2.05) is 0 Å². The first kappa shape index (κ1) is 13.7. The smallest absolute Gasteiger partial charge is 0.422 e. The molecule has 1 fully saturated rings. The molecule has 0 aromatic heterocycles. The van der Waals surface area contributed by atoms with Gasteiger partial charge in [0.2, 0.25) is 5.91 Å². The van der Waals surface area contributed by atoms with Crippen molar-refractivity contribution in [2.75, 3.05) is 11.9 Å². The second kappa shape index (κ2) is 4.73. The molecule has 104 valence electrons. The Kier molecular flexibility index (Phi) is 3.40. The fourth-order valence-corrected chi connectivity index (χ4v) is 1.45. The van der Waals surface area contributed by atoms with E-state index < -0.39 is 18.3 Å². The van der Waals surface area contributed by atoms with Gasteiger partial charge in [0.15, 0.2) is 6.61 Å². The minimum atomic E-state index is -4.39. The first-order chi connectivity index (χ1) is 8.78. The Morgan fingerprint density at radius 1 is 1.42 bits per heavy atom. The summed E-state index contributed by atoms with van der Waals surface area (Å²) in [7, 11) is 0. The van der Waals surface area contributed by atoms with Crippen LogP contribution in [0.2, 0.25) is 0 Å². The van der Waals surface area contributed by atoms with Crippen molar-refractivity contribution in [1.29, 1.82) is 0 Å². The summed E-state index contributed by atoms with van der Waals surface area (Å²) >= 11 is 0. The maximum atomic E-state index is 12.0. The summed E-state index contributed by atoms with van der Waals surface area (Å²) in [6, 6.07) is 5.77. The van der Waals surface area contributed by atoms with Gasteiger partial charge in [-0.05, 0) is 25.0 Å². The lowest BCUT2D eigenvalue weighted by molar-refractivity contribution is -0.153. The van der Waals surface area contributed by atoms with Gasteiger partial charge in [-0.25, -0.2) is 0 Å². The zero-order valence-corrected chi connectivity index (χ0v) is 9.96. The number of carbonyl (C=O) groups excluding carboxylic acids is 1. The van der Waals surface area contributed by atoms with Crippen molar-refractivity contribution in [2.45, 2.75) is 24.6 Å². The number of nitrogens with two attached hydrogens (primary N) is 1. The highest BCUT2D eigenvalue weighted by Gasteiger charge is 2.45. The summed E-state index contributed by atoms with van der Waals surface area (Å²) in [5.41, 5.74) is 5.23. The molecular formula is C12H13F3N2O2. The van der Waals surface area contributed by atoms with Gasteiger partial charge in [0, 0.05) is 11.8 Å². The third-order valence-corrected chi connectivity index (χ3v) is 2.74. The number of rotatable bonds is 4. The van der Waals surface area contributed by atoms with Gasteiger partial charge >= 0.3 is 6.18 Å². The van der Waals surface area contributed by atoms with Gasteiger partial charge < -0.3 is 15.8 Å². The largest absolute Gasteiger partial charge is 0.484 e. The first-order valence-corrected chi connectivity index (χ1v) is 5.68. The number of ether oxygens (including phenoxy) is 1. The molecular weight excluding hydrogens is 261 g/mol. The van der Waals surface area contributed by atoms with Crippen LogP contribution in [0.15, 0.2) is 24.3 Å². The molecule has 1 aliphatic carbocycles. The molecule has 4 nitrogen and oxygen atoms in total. The van der Waals surface area contributed by atoms with Crippen LogP contribution >= 0.6 is 0 Å².